The molecular formula is C14H17ClFN3O. The molecule has 2 rings (SSSR count). The summed E-state index contributed by atoms with van der Waals surface area (Å²) in [4.78, 5) is 0. The standard InChI is InChI=1S/C14H17ClFN3O/c1-3-6-19-14(10(15)8-18-19)13(17)9-4-5-11(16)12(7-9)20-2/h4-5,7-8,13H,3,6,17H2,1-2H3. The van der Waals surface area contributed by atoms with E-state index in [0.29, 0.717) is 5.02 Å². The summed E-state index contributed by atoms with van der Waals surface area (Å²) in [7, 11) is 1.42. The molecule has 6 heteroatoms. The maximum Gasteiger partial charge on any atom is 0.165 e. The van der Waals surface area contributed by atoms with Gasteiger partial charge in [-0.3, -0.25) is 4.68 Å². The predicted molar refractivity (Wildman–Crippen MR) is 76.5 cm³/mol. The van der Waals surface area contributed by atoms with E-state index in [1.807, 2.05) is 6.92 Å². The smallest absolute Gasteiger partial charge is 0.165 e. The van der Waals surface area contributed by atoms with E-state index in [1.54, 1.807) is 23.0 Å². The van der Waals surface area contributed by atoms with Crippen LogP contribution in [0.3, 0.4) is 0 Å². The summed E-state index contributed by atoms with van der Waals surface area (Å²) in [5, 5.41) is 4.72. The van der Waals surface area contributed by atoms with Crippen molar-refractivity contribution in [2.24, 2.45) is 5.73 Å². The van der Waals surface area contributed by atoms with Gasteiger partial charge in [0.1, 0.15) is 0 Å². The molecule has 0 radical (unpaired) electrons. The van der Waals surface area contributed by atoms with E-state index < -0.39 is 11.9 Å². The molecule has 0 aliphatic heterocycles. The second kappa shape index (κ2) is 6.24. The van der Waals surface area contributed by atoms with Gasteiger partial charge < -0.3 is 10.5 Å². The van der Waals surface area contributed by atoms with Crippen LogP contribution in [0.15, 0.2) is 24.4 Å². The summed E-state index contributed by atoms with van der Waals surface area (Å²) < 4.78 is 20.2. The number of aromatic nitrogens is 2. The quantitative estimate of drug-likeness (QED) is 0.922. The molecule has 0 amide bonds. The van der Waals surface area contributed by atoms with Gasteiger partial charge in [-0.2, -0.15) is 5.10 Å². The van der Waals surface area contributed by atoms with Gasteiger partial charge in [-0.15, -0.1) is 0 Å². The number of ether oxygens (including phenoxy) is 1. The summed E-state index contributed by atoms with van der Waals surface area (Å²) in [6, 6.07) is 4.07. The third kappa shape index (κ3) is 2.78. The lowest BCUT2D eigenvalue weighted by molar-refractivity contribution is 0.385. The van der Waals surface area contributed by atoms with Gasteiger partial charge >= 0.3 is 0 Å². The van der Waals surface area contributed by atoms with Crippen LogP contribution in [0.4, 0.5) is 4.39 Å². The van der Waals surface area contributed by atoms with Gasteiger partial charge in [-0.25, -0.2) is 4.39 Å². The fourth-order valence-corrected chi connectivity index (χ4v) is 2.36. The Morgan fingerprint density at radius 1 is 1.50 bits per heavy atom. The SMILES string of the molecule is CCCn1ncc(Cl)c1C(N)c1ccc(F)c(OC)c1. The van der Waals surface area contributed by atoms with Gasteiger partial charge in [0.15, 0.2) is 11.6 Å². The van der Waals surface area contributed by atoms with Crippen LogP contribution in [0.5, 0.6) is 5.75 Å². The third-order valence-corrected chi connectivity index (χ3v) is 3.39. The summed E-state index contributed by atoms with van der Waals surface area (Å²) >= 11 is 6.16. The molecule has 20 heavy (non-hydrogen) atoms. The van der Waals surface area contributed by atoms with Crippen LogP contribution in [-0.2, 0) is 6.54 Å². The van der Waals surface area contributed by atoms with Crippen molar-refractivity contribution < 1.29 is 9.13 Å². The van der Waals surface area contributed by atoms with Crippen molar-refractivity contribution in [1.29, 1.82) is 0 Å². The fourth-order valence-electron chi connectivity index (χ4n) is 2.10. The summed E-state index contributed by atoms with van der Waals surface area (Å²) in [5.74, 6) is -0.257. The largest absolute Gasteiger partial charge is 0.494 e. The summed E-state index contributed by atoms with van der Waals surface area (Å²) in [6.07, 6.45) is 2.50. The van der Waals surface area contributed by atoms with Crippen molar-refractivity contribution in [3.05, 3.63) is 46.5 Å². The third-order valence-electron chi connectivity index (χ3n) is 3.10. The molecule has 2 N–H and O–H groups in total. The van der Waals surface area contributed by atoms with E-state index in [2.05, 4.69) is 5.10 Å². The highest BCUT2D eigenvalue weighted by atomic mass is 35.5. The Labute approximate surface area is 122 Å². The summed E-state index contributed by atoms with van der Waals surface area (Å²) in [6.45, 7) is 2.78. The first-order chi connectivity index (χ1) is 9.58. The van der Waals surface area contributed by atoms with E-state index in [4.69, 9.17) is 22.1 Å². The molecule has 1 unspecified atom stereocenters. The van der Waals surface area contributed by atoms with Gasteiger partial charge in [0, 0.05) is 6.54 Å². The molecule has 1 heterocycles. The van der Waals surface area contributed by atoms with Gasteiger partial charge in [-0.1, -0.05) is 24.6 Å². The van der Waals surface area contributed by atoms with Crippen LogP contribution >= 0.6 is 11.6 Å². The number of hydrogen-bond donors (Lipinski definition) is 1. The molecule has 4 nitrogen and oxygen atoms in total. The Kier molecular flexibility index (Phi) is 4.62. The maximum atomic E-state index is 13.4. The second-order valence-electron chi connectivity index (χ2n) is 4.47. The second-order valence-corrected chi connectivity index (χ2v) is 4.88. The molecule has 0 saturated heterocycles. The molecule has 0 aliphatic carbocycles. The number of nitrogens with zero attached hydrogens (tertiary/aromatic N) is 2. The predicted octanol–water partition coefficient (Wildman–Crippen LogP) is 3.14. The lowest BCUT2D eigenvalue weighted by Gasteiger charge is -2.16. The Bertz CT molecular complexity index is 600. The van der Waals surface area contributed by atoms with Crippen LogP contribution in [0, 0.1) is 5.82 Å². The van der Waals surface area contributed by atoms with E-state index in [9.17, 15) is 4.39 Å². The molecule has 108 valence electrons. The van der Waals surface area contributed by atoms with Crippen molar-refractivity contribution in [3.8, 4) is 5.75 Å². The average molecular weight is 298 g/mol. The first-order valence-electron chi connectivity index (χ1n) is 6.38. The number of nitrogens with two attached hydrogens (primary N) is 1. The van der Waals surface area contributed by atoms with Crippen LogP contribution in [0.25, 0.3) is 0 Å². The number of halogens is 2. The zero-order chi connectivity index (χ0) is 14.7. The van der Waals surface area contributed by atoms with Gasteiger partial charge in [-0.05, 0) is 24.1 Å². The number of methoxy groups -OCH3 is 1. The topological polar surface area (TPSA) is 53.1 Å². The number of aryl methyl sites for hydroxylation is 1. The molecular weight excluding hydrogens is 281 g/mol. The molecule has 0 fully saturated rings. The van der Waals surface area contributed by atoms with E-state index >= 15 is 0 Å². The molecule has 1 atom stereocenters. The van der Waals surface area contributed by atoms with Crippen LogP contribution in [-0.4, -0.2) is 16.9 Å². The molecule has 0 bridgehead atoms. The highest BCUT2D eigenvalue weighted by Gasteiger charge is 2.19. The normalized spacial score (nSPS) is 12.4. The summed E-state index contributed by atoms with van der Waals surface area (Å²) in [5.41, 5.74) is 7.69. The van der Waals surface area contributed by atoms with Crippen molar-refractivity contribution >= 4 is 11.6 Å². The molecule has 0 aliphatic rings. The molecule has 1 aromatic heterocycles. The Morgan fingerprint density at radius 3 is 2.90 bits per heavy atom. The van der Waals surface area contributed by atoms with Gasteiger partial charge in [0.2, 0.25) is 0 Å². The monoisotopic (exact) mass is 297 g/mol. The van der Waals surface area contributed by atoms with E-state index in [-0.39, 0.29) is 5.75 Å². The Hall–Kier alpha value is -1.59. The minimum Gasteiger partial charge on any atom is -0.494 e. The lowest BCUT2D eigenvalue weighted by Crippen LogP contribution is -2.18. The molecule has 0 spiro atoms. The van der Waals surface area contributed by atoms with Crippen molar-refractivity contribution in [1.82, 2.24) is 9.78 Å². The number of rotatable bonds is 5. The van der Waals surface area contributed by atoms with Gasteiger partial charge in [0.05, 0.1) is 30.1 Å². The maximum absolute atomic E-state index is 13.4. The van der Waals surface area contributed by atoms with Crippen LogP contribution in [0.1, 0.15) is 30.6 Å². The highest BCUT2D eigenvalue weighted by molar-refractivity contribution is 6.31. The first kappa shape index (κ1) is 14.8. The molecule has 0 saturated carbocycles. The van der Waals surface area contributed by atoms with Crippen LogP contribution < -0.4 is 10.5 Å². The minimum absolute atomic E-state index is 0.163. The minimum atomic E-state index is -0.481. The Morgan fingerprint density at radius 2 is 2.25 bits per heavy atom. The fraction of sp³-hybridized carbons (Fsp3) is 0.357. The number of benzene rings is 1. The molecule has 1 aromatic carbocycles. The van der Waals surface area contributed by atoms with Crippen molar-refractivity contribution in [2.75, 3.05) is 7.11 Å². The highest BCUT2D eigenvalue weighted by Crippen LogP contribution is 2.29. The first-order valence-corrected chi connectivity index (χ1v) is 6.76. The van der Waals surface area contributed by atoms with Crippen molar-refractivity contribution in [3.63, 3.8) is 0 Å². The number of hydrogen-bond acceptors (Lipinski definition) is 3. The zero-order valence-electron chi connectivity index (χ0n) is 11.4. The molecule has 2 aromatic rings. The average Bonchev–Trinajstić information content (AvgIpc) is 2.80. The Balaban J connectivity index is 2.40. The van der Waals surface area contributed by atoms with E-state index in [1.165, 1.54) is 13.2 Å². The van der Waals surface area contributed by atoms with Crippen LogP contribution in [0.2, 0.25) is 5.02 Å². The zero-order valence-corrected chi connectivity index (χ0v) is 12.2. The van der Waals surface area contributed by atoms with E-state index in [0.717, 1.165) is 24.2 Å². The lowest BCUT2D eigenvalue weighted by atomic mass is 10.0. The van der Waals surface area contributed by atoms with Crippen molar-refractivity contribution in [2.45, 2.75) is 25.9 Å². The van der Waals surface area contributed by atoms with Gasteiger partial charge in [0.25, 0.3) is 0 Å².